The Hall–Kier alpha value is -4.52. The van der Waals surface area contributed by atoms with Crippen LogP contribution in [0.2, 0.25) is 0 Å². The first-order valence-electron chi connectivity index (χ1n) is 22.6. The van der Waals surface area contributed by atoms with Gasteiger partial charge in [0.05, 0.1) is 46.9 Å². The van der Waals surface area contributed by atoms with Gasteiger partial charge in [0.2, 0.25) is 0 Å². The molecule has 9 rings (SSSR count). The number of piperidine rings is 2. The Morgan fingerprint density at radius 2 is 1.03 bits per heavy atom. The third kappa shape index (κ3) is 9.06. The summed E-state index contributed by atoms with van der Waals surface area (Å²) in [5.41, 5.74) is 18.1. The van der Waals surface area contributed by atoms with E-state index in [1.54, 1.807) is 0 Å². The second-order valence-electron chi connectivity index (χ2n) is 17.6. The van der Waals surface area contributed by atoms with Crippen LogP contribution in [0.4, 0.5) is 0 Å². The molecule has 6 aromatic rings. The number of hydrogen-bond donors (Lipinski definition) is 1. The third-order valence-corrected chi connectivity index (χ3v) is 13.7. The minimum absolute atomic E-state index is 0.317. The first-order valence-corrected chi connectivity index (χ1v) is 22.6. The number of aromatic nitrogens is 6. The number of likely N-dealkylation sites (tertiary alicyclic amines) is 2. The van der Waals surface area contributed by atoms with Crippen molar-refractivity contribution in [1.29, 1.82) is 0 Å². The summed E-state index contributed by atoms with van der Waals surface area (Å²) >= 11 is 0. The predicted molar refractivity (Wildman–Crippen MR) is 242 cm³/mol. The normalized spacial score (nSPS) is 22.3. The molecule has 3 saturated heterocycles. The van der Waals surface area contributed by atoms with Crippen molar-refractivity contribution in [2.45, 2.75) is 102 Å². The third-order valence-electron chi connectivity index (χ3n) is 13.7. The number of likely N-dealkylation sites (N-methyl/N-ethyl adjacent to an activating group) is 1. The summed E-state index contributed by atoms with van der Waals surface area (Å²) < 4.78 is 4.58. The lowest BCUT2D eigenvalue weighted by molar-refractivity contribution is 0.108. The fraction of sp³-hybridized carbons (Fsp3) is 0.510. The molecule has 11 heteroatoms. The highest BCUT2D eigenvalue weighted by molar-refractivity contribution is 5.45. The molecule has 0 spiro atoms. The lowest BCUT2D eigenvalue weighted by atomic mass is 9.90. The predicted octanol–water partition coefficient (Wildman–Crippen LogP) is 7.94. The van der Waals surface area contributed by atoms with E-state index in [1.165, 1.54) is 97.3 Å². The Morgan fingerprint density at radius 3 is 1.50 bits per heavy atom. The lowest BCUT2D eigenvalue weighted by Gasteiger charge is -2.39. The number of hydrogen-bond acceptors (Lipinski definition) is 9. The quantitative estimate of drug-likeness (QED) is 0.140. The Bertz CT molecular complexity index is 2310. The van der Waals surface area contributed by atoms with E-state index in [-0.39, 0.29) is 0 Å². The Labute approximate surface area is 357 Å². The molecular weight excluding hydrogens is 743 g/mol. The van der Waals surface area contributed by atoms with E-state index in [4.69, 9.17) is 25.7 Å². The maximum absolute atomic E-state index is 5.81. The van der Waals surface area contributed by atoms with Crippen molar-refractivity contribution in [2.75, 3.05) is 60.4 Å². The fourth-order valence-electron chi connectivity index (χ4n) is 10.2. The summed E-state index contributed by atoms with van der Waals surface area (Å²) in [6.45, 7) is 11.0. The van der Waals surface area contributed by atoms with Crippen LogP contribution in [-0.2, 0) is 12.8 Å². The summed E-state index contributed by atoms with van der Waals surface area (Å²) in [5, 5.41) is 0. The summed E-state index contributed by atoms with van der Waals surface area (Å²) in [4.78, 5) is 29.8. The molecule has 6 aromatic heterocycles. The molecule has 0 bridgehead atoms. The van der Waals surface area contributed by atoms with Gasteiger partial charge in [0.15, 0.2) is 0 Å². The highest BCUT2D eigenvalue weighted by atomic mass is 15.2. The molecule has 4 atom stereocenters. The van der Waals surface area contributed by atoms with Crippen LogP contribution >= 0.6 is 0 Å². The van der Waals surface area contributed by atoms with Crippen LogP contribution in [0.25, 0.3) is 11.3 Å². The molecule has 9 heterocycles. The molecule has 0 aliphatic carbocycles. The van der Waals surface area contributed by atoms with Crippen molar-refractivity contribution >= 4 is 11.3 Å². The highest BCUT2D eigenvalue weighted by Crippen LogP contribution is 2.43. The second kappa shape index (κ2) is 19.5. The number of rotatable bonds is 11. The van der Waals surface area contributed by atoms with Gasteiger partial charge in [-0.15, -0.1) is 0 Å². The summed E-state index contributed by atoms with van der Waals surface area (Å²) in [7, 11) is 6.74. The molecule has 3 aliphatic rings. The lowest BCUT2D eigenvalue weighted by Crippen LogP contribution is -2.44. The zero-order chi connectivity index (χ0) is 41.6. The van der Waals surface area contributed by atoms with Crippen LogP contribution in [0, 0.1) is 13.8 Å². The summed E-state index contributed by atoms with van der Waals surface area (Å²) in [6, 6.07) is 22.4. The van der Waals surface area contributed by atoms with E-state index in [9.17, 15) is 0 Å². The summed E-state index contributed by atoms with van der Waals surface area (Å²) in [6.07, 6.45) is 19.4. The molecule has 0 saturated carbocycles. The molecule has 11 nitrogen and oxygen atoms in total. The average Bonchev–Trinajstić information content (AvgIpc) is 3.83. The average molecular weight is 810 g/mol. The van der Waals surface area contributed by atoms with E-state index < -0.39 is 0 Å². The van der Waals surface area contributed by atoms with Crippen molar-refractivity contribution in [3.8, 4) is 0 Å². The number of aryl methyl sites for hydroxylation is 4. The number of imidazole rings is 2. The van der Waals surface area contributed by atoms with Crippen LogP contribution in [0.3, 0.4) is 0 Å². The monoisotopic (exact) mass is 810 g/mol. The van der Waals surface area contributed by atoms with Crippen LogP contribution in [0.1, 0.15) is 121 Å². The number of fused-ring (bicyclic) bond motifs is 2. The fourth-order valence-corrected chi connectivity index (χ4v) is 10.2. The minimum atomic E-state index is 0.317. The van der Waals surface area contributed by atoms with Gasteiger partial charge in [-0.05, 0) is 160 Å². The minimum Gasteiger partial charge on any atom is -0.330 e. The first kappa shape index (κ1) is 42.2. The molecule has 4 unspecified atom stereocenters. The van der Waals surface area contributed by atoms with Gasteiger partial charge in [-0.3, -0.25) is 19.8 Å². The van der Waals surface area contributed by atoms with E-state index in [1.807, 2.05) is 24.5 Å². The zero-order valence-corrected chi connectivity index (χ0v) is 36.8. The molecule has 0 amide bonds. The molecule has 3 aliphatic heterocycles. The smallest absolute Gasteiger partial charge is 0.137 e. The SMILES string of the molecule is Cc1cccnc1C1CCCC(c2nc3ccccn3c2CCCN)N1C.Cc1cccnc1C1CCCC(c2nc3ccccn3c2CCCN2CCN(C)CC2)N1C. The molecule has 0 radical (unpaired) electrons. The number of pyridine rings is 4. The topological polar surface area (TPSA) is 99.4 Å². The molecular formula is C49H67N11. The number of piperazine rings is 1. The van der Waals surface area contributed by atoms with E-state index in [0.717, 1.165) is 56.2 Å². The van der Waals surface area contributed by atoms with Crippen LogP contribution in [0.15, 0.2) is 85.5 Å². The van der Waals surface area contributed by atoms with Gasteiger partial charge in [-0.1, -0.05) is 24.3 Å². The Balaban J connectivity index is 0.000000170. The summed E-state index contributed by atoms with van der Waals surface area (Å²) in [5.74, 6) is 0. The van der Waals surface area contributed by atoms with Gasteiger partial charge in [0.25, 0.3) is 0 Å². The van der Waals surface area contributed by atoms with Gasteiger partial charge in [0, 0.05) is 62.4 Å². The van der Waals surface area contributed by atoms with Crippen LogP contribution < -0.4 is 5.73 Å². The van der Waals surface area contributed by atoms with Gasteiger partial charge in [-0.25, -0.2) is 9.97 Å². The maximum atomic E-state index is 5.81. The van der Waals surface area contributed by atoms with Gasteiger partial charge in [0.1, 0.15) is 11.3 Å². The van der Waals surface area contributed by atoms with Crippen LogP contribution in [0.5, 0.6) is 0 Å². The molecule has 0 aromatic carbocycles. The molecule has 60 heavy (non-hydrogen) atoms. The van der Waals surface area contributed by atoms with Crippen LogP contribution in [-0.4, -0.2) is 109 Å². The van der Waals surface area contributed by atoms with Crippen molar-refractivity contribution in [1.82, 2.24) is 48.3 Å². The number of nitrogens with zero attached hydrogens (tertiary/aromatic N) is 10. The second-order valence-corrected chi connectivity index (χ2v) is 17.6. The van der Waals surface area contributed by atoms with Crippen molar-refractivity contribution in [3.05, 3.63) is 131 Å². The maximum Gasteiger partial charge on any atom is 0.137 e. The van der Waals surface area contributed by atoms with Crippen molar-refractivity contribution in [2.24, 2.45) is 5.73 Å². The molecule has 3 fully saturated rings. The zero-order valence-electron chi connectivity index (χ0n) is 36.8. The van der Waals surface area contributed by atoms with Crippen molar-refractivity contribution < 1.29 is 0 Å². The van der Waals surface area contributed by atoms with Gasteiger partial charge < -0.3 is 24.3 Å². The van der Waals surface area contributed by atoms with E-state index in [0.29, 0.717) is 30.7 Å². The largest absolute Gasteiger partial charge is 0.330 e. The first-order chi connectivity index (χ1) is 29.3. The van der Waals surface area contributed by atoms with E-state index in [2.05, 4.69) is 124 Å². The standard InChI is InChI=1S/C27H38N6.C22H29N5/c1-21-9-7-14-28-26(21)22-10-6-11-23(31(22)3)27-24(33-16-5-4-13-25(33)29-27)12-8-15-32-19-17-30(2)18-20-32;1-16-8-7-14-24-21(16)17-9-5-10-18(26(17)2)22-19(11-6-13-23)27-15-4-3-12-20(27)25-22/h4-5,7,9,13-14,16,22-23H,6,8,10-12,15,17-20H2,1-3H3;3-4,7-8,12,14-15,17-18H,5-6,9-11,13,23H2,1-2H3. The Kier molecular flexibility index (Phi) is 13.7. The highest BCUT2D eigenvalue weighted by Gasteiger charge is 2.36. The molecule has 2 N–H and O–H groups in total. The molecule has 318 valence electrons. The van der Waals surface area contributed by atoms with E-state index >= 15 is 0 Å². The van der Waals surface area contributed by atoms with Gasteiger partial charge >= 0.3 is 0 Å². The van der Waals surface area contributed by atoms with Crippen molar-refractivity contribution in [3.63, 3.8) is 0 Å². The van der Waals surface area contributed by atoms with Gasteiger partial charge in [-0.2, -0.15) is 0 Å². The Morgan fingerprint density at radius 1 is 0.567 bits per heavy atom. The number of nitrogens with two attached hydrogens (primary N) is 1.